The van der Waals surface area contributed by atoms with Crippen molar-refractivity contribution in [1.82, 2.24) is 4.98 Å². The van der Waals surface area contributed by atoms with Crippen molar-refractivity contribution in [3.8, 4) is 0 Å². The molecule has 0 spiro atoms. The average molecular weight is 348 g/mol. The van der Waals surface area contributed by atoms with Gasteiger partial charge >= 0.3 is 0 Å². The van der Waals surface area contributed by atoms with Gasteiger partial charge in [-0.15, -0.1) is 0 Å². The van der Waals surface area contributed by atoms with Gasteiger partial charge in [0, 0.05) is 28.3 Å². The number of benzene rings is 1. The molecule has 0 aliphatic rings. The zero-order valence-electron chi connectivity index (χ0n) is 11.0. The first kappa shape index (κ1) is 13.4. The maximum atomic E-state index is 6.02. The van der Waals surface area contributed by atoms with Gasteiger partial charge in [0.1, 0.15) is 0 Å². The number of halogens is 1. The number of aromatic nitrogens is 1. The molecule has 20 heavy (non-hydrogen) atoms. The average Bonchev–Trinajstić information content (AvgIpc) is 2.84. The molecule has 0 aliphatic carbocycles. The molecule has 0 unspecified atom stereocenters. The first-order valence-corrected chi connectivity index (χ1v) is 7.98. The van der Waals surface area contributed by atoms with Crippen LogP contribution in [-0.4, -0.2) is 4.98 Å². The Morgan fingerprint density at radius 3 is 2.95 bits per heavy atom. The zero-order valence-corrected chi connectivity index (χ0v) is 13.4. The molecule has 0 saturated carbocycles. The standard InChI is InChI=1S/C15H14BrN3S/c1-9-7-20-8-10(9)5-18-14-3-2-13(17)12-4-11(16)6-19-15(12)14/h2-4,6-8,18H,5,17H2,1H3. The molecule has 0 bridgehead atoms. The van der Waals surface area contributed by atoms with Gasteiger partial charge in [-0.2, -0.15) is 11.3 Å². The second-order valence-electron chi connectivity index (χ2n) is 4.69. The lowest BCUT2D eigenvalue weighted by atomic mass is 10.1. The van der Waals surface area contributed by atoms with Crippen molar-refractivity contribution in [2.24, 2.45) is 0 Å². The highest BCUT2D eigenvalue weighted by Gasteiger charge is 2.07. The summed E-state index contributed by atoms with van der Waals surface area (Å²) in [6.07, 6.45) is 1.79. The first-order chi connectivity index (χ1) is 9.65. The molecule has 2 heterocycles. The number of nitrogens with zero attached hydrogens (tertiary/aromatic N) is 1. The maximum Gasteiger partial charge on any atom is 0.0954 e. The monoisotopic (exact) mass is 347 g/mol. The van der Waals surface area contributed by atoms with Crippen molar-refractivity contribution < 1.29 is 0 Å². The molecular weight excluding hydrogens is 334 g/mol. The van der Waals surface area contributed by atoms with Gasteiger partial charge in [0.25, 0.3) is 0 Å². The van der Waals surface area contributed by atoms with Crippen molar-refractivity contribution in [3.05, 3.63) is 50.8 Å². The summed E-state index contributed by atoms with van der Waals surface area (Å²) >= 11 is 5.16. The lowest BCUT2D eigenvalue weighted by Gasteiger charge is -2.11. The highest BCUT2D eigenvalue weighted by molar-refractivity contribution is 9.10. The van der Waals surface area contributed by atoms with Gasteiger partial charge in [-0.25, -0.2) is 0 Å². The zero-order chi connectivity index (χ0) is 14.1. The normalized spacial score (nSPS) is 10.9. The number of pyridine rings is 1. The van der Waals surface area contributed by atoms with E-state index in [2.05, 4.69) is 43.9 Å². The van der Waals surface area contributed by atoms with Crippen LogP contribution in [0.1, 0.15) is 11.1 Å². The van der Waals surface area contributed by atoms with Crippen LogP contribution in [0.2, 0.25) is 0 Å². The van der Waals surface area contributed by atoms with Crippen LogP contribution in [-0.2, 0) is 6.54 Å². The van der Waals surface area contributed by atoms with Crippen molar-refractivity contribution in [1.29, 1.82) is 0 Å². The van der Waals surface area contributed by atoms with Gasteiger partial charge in [0.15, 0.2) is 0 Å². The number of aryl methyl sites for hydroxylation is 1. The summed E-state index contributed by atoms with van der Waals surface area (Å²) in [4.78, 5) is 4.48. The van der Waals surface area contributed by atoms with E-state index < -0.39 is 0 Å². The van der Waals surface area contributed by atoms with E-state index in [0.717, 1.165) is 33.3 Å². The van der Waals surface area contributed by atoms with Gasteiger partial charge in [0.05, 0.1) is 11.2 Å². The molecular formula is C15H14BrN3S. The van der Waals surface area contributed by atoms with Gasteiger partial charge in [-0.05, 0) is 62.9 Å². The number of rotatable bonds is 3. The molecule has 0 radical (unpaired) electrons. The smallest absolute Gasteiger partial charge is 0.0954 e. The molecule has 102 valence electrons. The largest absolute Gasteiger partial charge is 0.398 e. The number of hydrogen-bond donors (Lipinski definition) is 2. The Balaban J connectivity index is 1.96. The van der Waals surface area contributed by atoms with Crippen LogP contribution in [0.4, 0.5) is 11.4 Å². The lowest BCUT2D eigenvalue weighted by Crippen LogP contribution is -2.01. The third-order valence-electron chi connectivity index (χ3n) is 3.28. The first-order valence-electron chi connectivity index (χ1n) is 6.24. The number of anilines is 2. The van der Waals surface area contributed by atoms with E-state index in [0.29, 0.717) is 0 Å². The molecule has 0 saturated heterocycles. The summed E-state index contributed by atoms with van der Waals surface area (Å²) in [5.41, 5.74) is 11.3. The van der Waals surface area contributed by atoms with Gasteiger partial charge < -0.3 is 11.1 Å². The number of nitrogens with two attached hydrogens (primary N) is 1. The van der Waals surface area contributed by atoms with E-state index in [1.165, 1.54) is 11.1 Å². The Kier molecular flexibility index (Phi) is 3.63. The molecule has 3 rings (SSSR count). The molecule has 0 fully saturated rings. The predicted molar refractivity (Wildman–Crippen MR) is 90.2 cm³/mol. The van der Waals surface area contributed by atoms with E-state index >= 15 is 0 Å². The van der Waals surface area contributed by atoms with Crippen molar-refractivity contribution >= 4 is 49.5 Å². The fourth-order valence-corrected chi connectivity index (χ4v) is 3.31. The third-order valence-corrected chi connectivity index (χ3v) is 4.62. The lowest BCUT2D eigenvalue weighted by molar-refractivity contribution is 1.14. The number of nitrogen functional groups attached to an aromatic ring is 1. The third kappa shape index (κ3) is 2.51. The molecule has 3 aromatic rings. The number of thiophene rings is 1. The van der Waals surface area contributed by atoms with Gasteiger partial charge in [-0.1, -0.05) is 0 Å². The minimum atomic E-state index is 0.742. The quantitative estimate of drug-likeness (QED) is 0.682. The van der Waals surface area contributed by atoms with E-state index in [1.807, 2.05) is 18.2 Å². The Morgan fingerprint density at radius 1 is 1.35 bits per heavy atom. The fraction of sp³-hybridized carbons (Fsp3) is 0.133. The highest BCUT2D eigenvalue weighted by Crippen LogP contribution is 2.29. The minimum absolute atomic E-state index is 0.742. The maximum absolute atomic E-state index is 6.02. The van der Waals surface area contributed by atoms with Gasteiger partial charge in [0.2, 0.25) is 0 Å². The molecule has 2 aromatic heterocycles. The molecule has 0 amide bonds. The van der Waals surface area contributed by atoms with Crippen LogP contribution >= 0.6 is 27.3 Å². The molecule has 3 N–H and O–H groups in total. The highest BCUT2D eigenvalue weighted by atomic mass is 79.9. The summed E-state index contributed by atoms with van der Waals surface area (Å²) in [7, 11) is 0. The summed E-state index contributed by atoms with van der Waals surface area (Å²) in [6.45, 7) is 2.93. The van der Waals surface area contributed by atoms with Crippen LogP contribution in [0, 0.1) is 6.92 Å². The van der Waals surface area contributed by atoms with E-state index in [1.54, 1.807) is 17.5 Å². The van der Waals surface area contributed by atoms with Crippen LogP contribution in [0.15, 0.2) is 39.6 Å². The summed E-state index contributed by atoms with van der Waals surface area (Å²) < 4.78 is 0.933. The van der Waals surface area contributed by atoms with Crippen molar-refractivity contribution in [2.45, 2.75) is 13.5 Å². The number of nitrogens with one attached hydrogen (secondary N) is 1. The number of fused-ring (bicyclic) bond motifs is 1. The Bertz CT molecular complexity index is 767. The van der Waals surface area contributed by atoms with Crippen molar-refractivity contribution in [3.63, 3.8) is 0 Å². The molecule has 0 atom stereocenters. The van der Waals surface area contributed by atoms with Crippen LogP contribution < -0.4 is 11.1 Å². The van der Waals surface area contributed by atoms with E-state index in [-0.39, 0.29) is 0 Å². The van der Waals surface area contributed by atoms with E-state index in [9.17, 15) is 0 Å². The summed E-state index contributed by atoms with van der Waals surface area (Å²) in [5, 5.41) is 8.75. The Morgan fingerprint density at radius 2 is 2.20 bits per heavy atom. The van der Waals surface area contributed by atoms with Gasteiger partial charge in [-0.3, -0.25) is 4.98 Å². The molecule has 1 aromatic carbocycles. The molecule has 3 nitrogen and oxygen atoms in total. The predicted octanol–water partition coefficient (Wildman–Crippen LogP) is 4.56. The Labute approximate surface area is 130 Å². The summed E-state index contributed by atoms with van der Waals surface area (Å²) in [5.74, 6) is 0. The van der Waals surface area contributed by atoms with Crippen LogP contribution in [0.3, 0.4) is 0 Å². The van der Waals surface area contributed by atoms with Crippen molar-refractivity contribution in [2.75, 3.05) is 11.1 Å². The fourth-order valence-electron chi connectivity index (χ4n) is 2.12. The molecule has 5 heteroatoms. The Hall–Kier alpha value is -1.59. The SMILES string of the molecule is Cc1cscc1CNc1ccc(N)c2cc(Br)cnc12. The number of hydrogen-bond acceptors (Lipinski definition) is 4. The molecule has 0 aliphatic heterocycles. The van der Waals surface area contributed by atoms with Crippen LogP contribution in [0.25, 0.3) is 10.9 Å². The van der Waals surface area contributed by atoms with E-state index in [4.69, 9.17) is 5.73 Å². The topological polar surface area (TPSA) is 50.9 Å². The minimum Gasteiger partial charge on any atom is -0.398 e. The van der Waals surface area contributed by atoms with Crippen LogP contribution in [0.5, 0.6) is 0 Å². The second kappa shape index (κ2) is 5.42. The second-order valence-corrected chi connectivity index (χ2v) is 6.34. The summed E-state index contributed by atoms with van der Waals surface area (Å²) in [6, 6.07) is 5.90.